The lowest BCUT2D eigenvalue weighted by Gasteiger charge is -2.36. The Morgan fingerprint density at radius 3 is 2.60 bits per heavy atom. The molecule has 1 aliphatic heterocycles. The maximum atomic E-state index is 13.8. The lowest BCUT2D eigenvalue weighted by atomic mass is 9.73. The molecular formula is C27H30N4O3S. The third-order valence-electron chi connectivity index (χ3n) is 7.34. The van der Waals surface area contributed by atoms with Crippen molar-refractivity contribution in [3.8, 4) is 0 Å². The number of anilines is 2. The van der Waals surface area contributed by atoms with Crippen molar-refractivity contribution in [1.82, 2.24) is 15.2 Å². The van der Waals surface area contributed by atoms with Crippen LogP contribution in [0.5, 0.6) is 0 Å². The largest absolute Gasteiger partial charge is 0.325 e. The van der Waals surface area contributed by atoms with Crippen LogP contribution in [0.25, 0.3) is 10.2 Å². The highest BCUT2D eigenvalue weighted by atomic mass is 32.1. The second-order valence-corrected chi connectivity index (χ2v) is 10.9. The maximum absolute atomic E-state index is 13.8. The summed E-state index contributed by atoms with van der Waals surface area (Å²) >= 11 is 1.41. The molecule has 2 heterocycles. The van der Waals surface area contributed by atoms with E-state index in [-0.39, 0.29) is 24.3 Å². The van der Waals surface area contributed by atoms with Crippen LogP contribution < -0.4 is 10.2 Å². The molecule has 3 aromatic rings. The molecule has 2 aliphatic rings. The molecule has 2 unspecified atom stereocenters. The molecule has 35 heavy (non-hydrogen) atoms. The van der Waals surface area contributed by atoms with Crippen LogP contribution >= 0.6 is 11.3 Å². The van der Waals surface area contributed by atoms with E-state index in [1.807, 2.05) is 55.5 Å². The van der Waals surface area contributed by atoms with Gasteiger partial charge in [0.05, 0.1) is 15.9 Å². The Kier molecular flexibility index (Phi) is 6.09. The molecule has 1 spiro atoms. The number of nitrogens with one attached hydrogen (secondary N) is 1. The molecule has 2 aromatic carbocycles. The number of hydrogen-bond donors (Lipinski definition) is 1. The number of fused-ring (bicyclic) bond motifs is 1. The van der Waals surface area contributed by atoms with Gasteiger partial charge in [-0.05, 0) is 54.5 Å². The highest BCUT2D eigenvalue weighted by molar-refractivity contribution is 7.22. The van der Waals surface area contributed by atoms with E-state index in [9.17, 15) is 14.4 Å². The predicted molar refractivity (Wildman–Crippen MR) is 138 cm³/mol. The molecule has 7 nitrogen and oxygen atoms in total. The molecule has 0 radical (unpaired) electrons. The number of carbonyl (C=O) groups excluding carboxylic acids is 3. The van der Waals surface area contributed by atoms with E-state index in [2.05, 4.69) is 19.2 Å². The molecule has 8 heteroatoms. The number of amides is 4. The standard InChI is InChI=1S/C27H30N4O3S/c1-17(2)19-11-13-20(14-12-19)31(26-28-21-9-4-5-10-22(21)35-26)23(32)16-30-24(33)27(29-25(30)34)15-7-6-8-18(27)3/h4-5,9-14,17-18H,6-8,15-16H2,1-3H3,(H,29,34). The normalized spacial score (nSPS) is 22.3. The molecule has 2 atom stereocenters. The first-order valence-corrected chi connectivity index (χ1v) is 13.0. The van der Waals surface area contributed by atoms with Gasteiger partial charge in [0.2, 0.25) is 0 Å². The number of rotatable bonds is 5. The minimum Gasteiger partial charge on any atom is -0.323 e. The Bertz CT molecular complexity index is 1250. The van der Waals surface area contributed by atoms with Crippen LogP contribution in [0.15, 0.2) is 48.5 Å². The van der Waals surface area contributed by atoms with Gasteiger partial charge in [-0.2, -0.15) is 0 Å². The monoisotopic (exact) mass is 490 g/mol. The number of benzene rings is 2. The van der Waals surface area contributed by atoms with Gasteiger partial charge in [0.15, 0.2) is 5.13 Å². The minimum absolute atomic E-state index is 0.0387. The third-order valence-corrected chi connectivity index (χ3v) is 8.36. The molecule has 4 amide bonds. The number of thiazole rings is 1. The van der Waals surface area contributed by atoms with Crippen LogP contribution in [0.2, 0.25) is 0 Å². The van der Waals surface area contributed by atoms with Crippen molar-refractivity contribution in [3.63, 3.8) is 0 Å². The Morgan fingerprint density at radius 2 is 1.91 bits per heavy atom. The SMILES string of the molecule is CC(C)c1ccc(N(C(=O)CN2C(=O)NC3(CCCCC3C)C2=O)c2nc3ccccc3s2)cc1. The lowest BCUT2D eigenvalue weighted by Crippen LogP contribution is -2.54. The molecule has 1 saturated heterocycles. The number of nitrogens with zero attached hydrogens (tertiary/aromatic N) is 3. The van der Waals surface area contributed by atoms with Crippen LogP contribution in [0.4, 0.5) is 15.6 Å². The average Bonchev–Trinajstić information content (AvgIpc) is 3.36. The van der Waals surface area contributed by atoms with Gasteiger partial charge in [-0.25, -0.2) is 9.78 Å². The van der Waals surface area contributed by atoms with Crippen molar-refractivity contribution in [2.75, 3.05) is 11.4 Å². The Labute approximate surface area is 209 Å². The van der Waals surface area contributed by atoms with Crippen molar-refractivity contribution in [2.24, 2.45) is 5.92 Å². The molecule has 1 aromatic heterocycles. The summed E-state index contributed by atoms with van der Waals surface area (Å²) in [4.78, 5) is 47.4. The number of hydrogen-bond acceptors (Lipinski definition) is 5. The number of urea groups is 1. The van der Waals surface area contributed by atoms with E-state index in [1.54, 1.807) is 0 Å². The van der Waals surface area contributed by atoms with Gasteiger partial charge in [0.1, 0.15) is 12.1 Å². The van der Waals surface area contributed by atoms with Crippen molar-refractivity contribution in [1.29, 1.82) is 0 Å². The van der Waals surface area contributed by atoms with Crippen LogP contribution in [-0.4, -0.2) is 39.8 Å². The predicted octanol–water partition coefficient (Wildman–Crippen LogP) is 5.59. The van der Waals surface area contributed by atoms with Crippen LogP contribution in [0.3, 0.4) is 0 Å². The molecule has 0 bridgehead atoms. The topological polar surface area (TPSA) is 82.6 Å². The molecule has 1 N–H and O–H groups in total. The molecule has 5 rings (SSSR count). The lowest BCUT2D eigenvalue weighted by molar-refractivity contribution is -0.136. The van der Waals surface area contributed by atoms with Crippen molar-refractivity contribution >= 4 is 50.2 Å². The number of imide groups is 1. The summed E-state index contributed by atoms with van der Waals surface area (Å²) in [5.41, 5.74) is 1.72. The van der Waals surface area contributed by atoms with E-state index in [1.165, 1.54) is 16.2 Å². The molecular weight excluding hydrogens is 460 g/mol. The zero-order valence-corrected chi connectivity index (χ0v) is 21.1. The van der Waals surface area contributed by atoms with Crippen LogP contribution in [0.1, 0.15) is 57.9 Å². The second kappa shape index (κ2) is 9.07. The fraction of sp³-hybridized carbons (Fsp3) is 0.407. The van der Waals surface area contributed by atoms with E-state index < -0.39 is 11.6 Å². The summed E-state index contributed by atoms with van der Waals surface area (Å²) in [6.07, 6.45) is 3.43. The summed E-state index contributed by atoms with van der Waals surface area (Å²) in [6, 6.07) is 15.0. The van der Waals surface area contributed by atoms with E-state index in [0.717, 1.165) is 39.9 Å². The number of carbonyl (C=O) groups is 3. The summed E-state index contributed by atoms with van der Waals surface area (Å²) in [5, 5.41) is 3.45. The number of aromatic nitrogens is 1. The smallest absolute Gasteiger partial charge is 0.323 e. The average molecular weight is 491 g/mol. The Balaban J connectivity index is 1.48. The van der Waals surface area contributed by atoms with Gasteiger partial charge in [0, 0.05) is 0 Å². The van der Waals surface area contributed by atoms with E-state index >= 15 is 0 Å². The maximum Gasteiger partial charge on any atom is 0.325 e. The van der Waals surface area contributed by atoms with Crippen molar-refractivity contribution in [3.05, 3.63) is 54.1 Å². The quantitative estimate of drug-likeness (QED) is 0.473. The first-order valence-electron chi connectivity index (χ1n) is 12.2. The Morgan fingerprint density at radius 1 is 1.17 bits per heavy atom. The molecule has 1 aliphatic carbocycles. The van der Waals surface area contributed by atoms with Gasteiger partial charge in [-0.15, -0.1) is 0 Å². The molecule has 182 valence electrons. The van der Waals surface area contributed by atoms with E-state index in [0.29, 0.717) is 23.2 Å². The summed E-state index contributed by atoms with van der Waals surface area (Å²) in [6.45, 7) is 5.91. The Hall–Kier alpha value is -3.26. The first kappa shape index (κ1) is 23.5. The first-order chi connectivity index (χ1) is 16.8. The highest BCUT2D eigenvalue weighted by Gasteiger charge is 2.55. The van der Waals surface area contributed by atoms with Crippen LogP contribution in [-0.2, 0) is 9.59 Å². The minimum atomic E-state index is -0.894. The van der Waals surface area contributed by atoms with Gasteiger partial charge in [-0.1, -0.05) is 69.2 Å². The second-order valence-electron chi connectivity index (χ2n) is 9.88. The van der Waals surface area contributed by atoms with Gasteiger partial charge in [-0.3, -0.25) is 19.4 Å². The molecule has 2 fully saturated rings. The zero-order valence-electron chi connectivity index (χ0n) is 20.3. The summed E-state index contributed by atoms with van der Waals surface area (Å²) < 4.78 is 0.962. The fourth-order valence-corrected chi connectivity index (χ4v) is 6.17. The van der Waals surface area contributed by atoms with Gasteiger partial charge >= 0.3 is 6.03 Å². The van der Waals surface area contributed by atoms with Crippen LogP contribution in [0, 0.1) is 5.92 Å². The summed E-state index contributed by atoms with van der Waals surface area (Å²) in [7, 11) is 0. The van der Waals surface area contributed by atoms with Crippen molar-refractivity contribution in [2.45, 2.75) is 57.9 Å². The van der Waals surface area contributed by atoms with Gasteiger partial charge < -0.3 is 5.32 Å². The fourth-order valence-electron chi connectivity index (χ4n) is 5.17. The van der Waals surface area contributed by atoms with Crippen molar-refractivity contribution < 1.29 is 14.4 Å². The van der Waals surface area contributed by atoms with E-state index in [4.69, 9.17) is 4.98 Å². The van der Waals surface area contributed by atoms with Gasteiger partial charge in [0.25, 0.3) is 11.8 Å². The number of para-hydroxylation sites is 1. The molecule has 1 saturated carbocycles. The third kappa shape index (κ3) is 4.10. The highest BCUT2D eigenvalue weighted by Crippen LogP contribution is 2.39. The summed E-state index contributed by atoms with van der Waals surface area (Å²) in [5.74, 6) is -0.264. The zero-order chi connectivity index (χ0) is 24.7.